The average Bonchev–Trinajstić information content (AvgIpc) is 3.23. The summed E-state index contributed by atoms with van der Waals surface area (Å²) in [5, 5.41) is 50.3. The van der Waals surface area contributed by atoms with Gasteiger partial charge in [-0.05, 0) is 90.8 Å². The van der Waals surface area contributed by atoms with E-state index >= 15 is 0 Å². The van der Waals surface area contributed by atoms with Crippen molar-refractivity contribution in [2.75, 3.05) is 14.2 Å². The van der Waals surface area contributed by atoms with E-state index in [-0.39, 0.29) is 95.5 Å². The standard InChI is InChI=1S/C60H86N2O8/c1-35(2)19-49(55(67)69-17)61-31-41-27-45(57(5,6)7)23-37(51(41)63)21-39-25-47(59(11,12)13)29-43(53(39)65)33-62(50(20-36(3)4)56(68)70-18)34-44-30-48(60(14,15)16)26-40(54(44)66)22-38-24-46(58(8,9)10)28-42(32-61)52(38)64/h23-30,35-36,49-50,63-66H,19-22,31-34H2,1-18H3/t49-,50-/m1/s1. The number of phenols is 4. The minimum Gasteiger partial charge on any atom is -0.507 e. The lowest BCUT2D eigenvalue weighted by Crippen LogP contribution is -2.42. The van der Waals surface area contributed by atoms with Gasteiger partial charge in [-0.3, -0.25) is 19.4 Å². The fourth-order valence-corrected chi connectivity index (χ4v) is 9.59. The van der Waals surface area contributed by atoms with Gasteiger partial charge >= 0.3 is 11.9 Å². The van der Waals surface area contributed by atoms with E-state index in [0.29, 0.717) is 57.3 Å². The molecule has 0 unspecified atom stereocenters. The molecule has 4 aromatic carbocycles. The molecule has 0 aromatic heterocycles. The van der Waals surface area contributed by atoms with E-state index in [2.05, 4.69) is 111 Å². The molecule has 10 heteroatoms. The predicted molar refractivity (Wildman–Crippen MR) is 282 cm³/mol. The zero-order chi connectivity index (χ0) is 52.6. The maximum absolute atomic E-state index is 14.0. The molecule has 0 fully saturated rings. The van der Waals surface area contributed by atoms with Gasteiger partial charge in [0.05, 0.1) is 14.2 Å². The van der Waals surface area contributed by atoms with Crippen LogP contribution in [0, 0.1) is 11.8 Å². The number of carbonyl (C=O) groups is 2. The highest BCUT2D eigenvalue weighted by molar-refractivity contribution is 5.76. The van der Waals surface area contributed by atoms with Crippen molar-refractivity contribution in [2.45, 2.75) is 196 Å². The normalized spacial score (nSPS) is 15.7. The SMILES string of the molecule is COC(=O)[C@@H](CC(C)C)N1Cc2cc(C(C)(C)C)cc(c2O)Cc2cc(C(C)(C)C)cc(c2O)CN([C@H](CC(C)C)C(=O)OC)Cc2cc(C(C)(C)C)cc(c2O)Cc2cc(C(C)(C)C)cc(c2O)C1. The number of hydrogen-bond donors (Lipinski definition) is 4. The third-order valence-corrected chi connectivity index (χ3v) is 14.0. The van der Waals surface area contributed by atoms with E-state index in [1.165, 1.54) is 14.2 Å². The molecule has 4 N–H and O–H groups in total. The lowest BCUT2D eigenvalue weighted by molar-refractivity contribution is -0.149. The van der Waals surface area contributed by atoms with Crippen molar-refractivity contribution in [3.8, 4) is 23.0 Å². The largest absolute Gasteiger partial charge is 0.507 e. The van der Waals surface area contributed by atoms with E-state index in [9.17, 15) is 30.0 Å². The number of esters is 2. The number of phenolic OH excluding ortho intramolecular Hbond substituents is 4. The molecule has 384 valence electrons. The summed E-state index contributed by atoms with van der Waals surface area (Å²) in [6.45, 7) is 34.3. The molecule has 8 bridgehead atoms. The molecule has 70 heavy (non-hydrogen) atoms. The molecular formula is C60H86N2O8. The van der Waals surface area contributed by atoms with Gasteiger partial charge in [0.1, 0.15) is 35.1 Å². The first-order valence-electron chi connectivity index (χ1n) is 25.3. The number of benzene rings is 4. The predicted octanol–water partition coefficient (Wildman–Crippen LogP) is 12.4. The Kier molecular flexibility index (Phi) is 17.0. The van der Waals surface area contributed by atoms with E-state index in [0.717, 1.165) is 22.3 Å². The first-order chi connectivity index (χ1) is 32.2. The summed E-state index contributed by atoms with van der Waals surface area (Å²) < 4.78 is 11.0. The highest BCUT2D eigenvalue weighted by Gasteiger charge is 2.34. The molecule has 0 aliphatic carbocycles. The minimum absolute atomic E-state index is 0.0592. The van der Waals surface area contributed by atoms with Gasteiger partial charge in [-0.2, -0.15) is 0 Å². The summed E-state index contributed by atoms with van der Waals surface area (Å²) in [6.07, 6.45) is 1.28. The van der Waals surface area contributed by atoms with Crippen LogP contribution in [0.25, 0.3) is 0 Å². The van der Waals surface area contributed by atoms with E-state index < -0.39 is 24.0 Å². The maximum Gasteiger partial charge on any atom is 0.323 e. The first-order valence-corrected chi connectivity index (χ1v) is 25.3. The molecule has 10 nitrogen and oxygen atoms in total. The van der Waals surface area contributed by atoms with E-state index in [1.807, 2.05) is 58.3 Å². The van der Waals surface area contributed by atoms with Gasteiger partial charge in [0.15, 0.2) is 0 Å². The second-order valence-electron chi connectivity index (χ2n) is 25.1. The van der Waals surface area contributed by atoms with Crippen LogP contribution in [0.4, 0.5) is 0 Å². The molecule has 1 aliphatic rings. The number of methoxy groups -OCH3 is 2. The van der Waals surface area contributed by atoms with Crippen molar-refractivity contribution in [1.29, 1.82) is 0 Å². The van der Waals surface area contributed by atoms with Crippen molar-refractivity contribution in [1.82, 2.24) is 9.80 Å². The molecule has 0 spiro atoms. The Hall–Kier alpha value is -5.06. The lowest BCUT2D eigenvalue weighted by Gasteiger charge is -2.34. The van der Waals surface area contributed by atoms with Crippen LogP contribution in [0.1, 0.15) is 190 Å². The number of carbonyl (C=O) groups excluding carboxylic acids is 2. The van der Waals surface area contributed by atoms with Gasteiger partial charge in [-0.1, -0.05) is 159 Å². The van der Waals surface area contributed by atoms with Gasteiger partial charge in [0, 0.05) is 61.3 Å². The molecule has 0 saturated carbocycles. The second kappa shape index (κ2) is 21.3. The highest BCUT2D eigenvalue weighted by atomic mass is 16.5. The van der Waals surface area contributed by atoms with Crippen LogP contribution in [0.15, 0.2) is 48.5 Å². The fraction of sp³-hybridized carbons (Fsp3) is 0.567. The van der Waals surface area contributed by atoms with Crippen molar-refractivity contribution >= 4 is 11.9 Å². The smallest absolute Gasteiger partial charge is 0.323 e. The second-order valence-corrected chi connectivity index (χ2v) is 25.1. The average molecular weight is 963 g/mol. The van der Waals surface area contributed by atoms with Gasteiger partial charge < -0.3 is 29.9 Å². The fourth-order valence-electron chi connectivity index (χ4n) is 9.59. The third-order valence-electron chi connectivity index (χ3n) is 14.0. The Morgan fingerprint density at radius 1 is 0.429 bits per heavy atom. The van der Waals surface area contributed by atoms with Crippen LogP contribution in [0.3, 0.4) is 0 Å². The van der Waals surface area contributed by atoms with Crippen molar-refractivity contribution in [3.63, 3.8) is 0 Å². The lowest BCUT2D eigenvalue weighted by atomic mass is 9.81. The topological polar surface area (TPSA) is 140 Å². The van der Waals surface area contributed by atoms with Crippen molar-refractivity contribution < 1.29 is 39.5 Å². The monoisotopic (exact) mass is 963 g/mol. The van der Waals surface area contributed by atoms with Crippen LogP contribution in [0.2, 0.25) is 0 Å². The van der Waals surface area contributed by atoms with Crippen LogP contribution in [0.5, 0.6) is 23.0 Å². The van der Waals surface area contributed by atoms with Gasteiger partial charge in [0.25, 0.3) is 0 Å². The summed E-state index contributed by atoms with van der Waals surface area (Å²) in [7, 11) is 2.79. The molecule has 1 heterocycles. The molecule has 5 rings (SSSR count). The molecule has 1 aliphatic heterocycles. The molecular weight excluding hydrogens is 877 g/mol. The van der Waals surface area contributed by atoms with Crippen molar-refractivity contribution in [2.24, 2.45) is 11.8 Å². The number of aromatic hydroxyl groups is 4. The Bertz CT molecular complexity index is 2210. The molecule has 0 saturated heterocycles. The van der Waals surface area contributed by atoms with Gasteiger partial charge in [-0.25, -0.2) is 0 Å². The van der Waals surface area contributed by atoms with Crippen LogP contribution in [-0.2, 0) is 79.7 Å². The number of hydrogen-bond acceptors (Lipinski definition) is 10. The molecule has 4 aromatic rings. The number of fused-ring (bicyclic) bond motifs is 8. The van der Waals surface area contributed by atoms with Crippen LogP contribution >= 0.6 is 0 Å². The molecule has 2 atom stereocenters. The van der Waals surface area contributed by atoms with E-state index in [4.69, 9.17) is 9.47 Å². The maximum atomic E-state index is 14.0. The minimum atomic E-state index is -0.734. The Labute approximate surface area is 420 Å². The van der Waals surface area contributed by atoms with Gasteiger partial charge in [0.2, 0.25) is 0 Å². The Morgan fingerprint density at radius 2 is 0.629 bits per heavy atom. The third kappa shape index (κ3) is 13.3. The first kappa shape index (κ1) is 55.9. The number of nitrogens with zero attached hydrogens (tertiary/aromatic N) is 2. The number of ether oxygens (including phenoxy) is 2. The van der Waals surface area contributed by atoms with Crippen LogP contribution < -0.4 is 0 Å². The zero-order valence-corrected chi connectivity index (χ0v) is 45.9. The summed E-state index contributed by atoms with van der Waals surface area (Å²) in [5.41, 5.74) is 7.35. The van der Waals surface area contributed by atoms with Crippen molar-refractivity contribution in [3.05, 3.63) is 115 Å². The van der Waals surface area contributed by atoms with Gasteiger partial charge in [-0.15, -0.1) is 0 Å². The summed E-state index contributed by atoms with van der Waals surface area (Å²) in [4.78, 5) is 32.0. The Balaban J connectivity index is 1.97. The quantitative estimate of drug-likeness (QED) is 0.126. The molecule has 0 amide bonds. The molecule has 0 radical (unpaired) electrons. The van der Waals surface area contributed by atoms with E-state index in [1.54, 1.807) is 0 Å². The summed E-state index contributed by atoms with van der Waals surface area (Å²) in [5.74, 6) is -0.383. The Morgan fingerprint density at radius 3 is 0.800 bits per heavy atom. The zero-order valence-electron chi connectivity index (χ0n) is 45.9. The highest BCUT2D eigenvalue weighted by Crippen LogP contribution is 2.42. The number of rotatable bonds is 8. The summed E-state index contributed by atoms with van der Waals surface area (Å²) in [6, 6.07) is 14.6. The van der Waals surface area contributed by atoms with Crippen LogP contribution in [-0.4, -0.2) is 68.5 Å². The summed E-state index contributed by atoms with van der Waals surface area (Å²) >= 11 is 0.